The first-order valence-corrected chi connectivity index (χ1v) is 11.1. The summed E-state index contributed by atoms with van der Waals surface area (Å²) in [6.07, 6.45) is 2.34. The van der Waals surface area contributed by atoms with Gasteiger partial charge < -0.3 is 23.9 Å². The highest BCUT2D eigenvalue weighted by atomic mass is 35.5. The van der Waals surface area contributed by atoms with Crippen LogP contribution in [0.2, 0.25) is 5.02 Å². The maximum absolute atomic E-state index is 13.2. The van der Waals surface area contributed by atoms with Crippen LogP contribution in [0.4, 0.5) is 0 Å². The van der Waals surface area contributed by atoms with E-state index in [-0.39, 0.29) is 34.2 Å². The van der Waals surface area contributed by atoms with Gasteiger partial charge in [-0.3, -0.25) is 9.59 Å². The Hall–Kier alpha value is -3.71. The van der Waals surface area contributed by atoms with Crippen LogP contribution in [0.1, 0.15) is 35.4 Å². The summed E-state index contributed by atoms with van der Waals surface area (Å²) in [4.78, 5) is 27.7. The third-order valence-corrected chi connectivity index (χ3v) is 6.17. The second-order valence-electron chi connectivity index (χ2n) is 7.79. The lowest BCUT2D eigenvalue weighted by Crippen LogP contribution is -2.29. The quantitative estimate of drug-likeness (QED) is 0.286. The van der Waals surface area contributed by atoms with E-state index in [0.717, 1.165) is 12.0 Å². The molecule has 34 heavy (non-hydrogen) atoms. The molecule has 1 unspecified atom stereocenters. The summed E-state index contributed by atoms with van der Waals surface area (Å²) in [6, 6.07) is 13.2. The first kappa shape index (κ1) is 23.4. The van der Waals surface area contributed by atoms with Crippen molar-refractivity contribution < 1.29 is 28.6 Å². The summed E-state index contributed by atoms with van der Waals surface area (Å²) in [5, 5.41) is 11.6. The number of carbonyl (C=O) groups is 2. The average Bonchev–Trinajstić information content (AvgIpc) is 3.46. The van der Waals surface area contributed by atoms with Crippen LogP contribution in [0.5, 0.6) is 11.5 Å². The third-order valence-electron chi connectivity index (χ3n) is 5.88. The van der Waals surface area contributed by atoms with Crippen molar-refractivity contribution in [2.75, 3.05) is 14.2 Å². The van der Waals surface area contributed by atoms with Crippen molar-refractivity contribution in [3.05, 3.63) is 87.8 Å². The van der Waals surface area contributed by atoms with Crippen LogP contribution in [-0.2, 0) is 22.6 Å². The summed E-state index contributed by atoms with van der Waals surface area (Å²) < 4.78 is 16.1. The molecule has 2 aromatic carbocycles. The largest absolute Gasteiger partial charge is 0.507 e. The highest BCUT2D eigenvalue weighted by molar-refractivity contribution is 6.46. The number of hydrogen-bond acceptors (Lipinski definition) is 6. The summed E-state index contributed by atoms with van der Waals surface area (Å²) in [5.41, 5.74) is 1.92. The Morgan fingerprint density at radius 1 is 1.09 bits per heavy atom. The molecule has 1 saturated heterocycles. The van der Waals surface area contributed by atoms with Gasteiger partial charge in [0.05, 0.1) is 49.2 Å². The van der Waals surface area contributed by atoms with E-state index in [0.29, 0.717) is 17.1 Å². The topological polar surface area (TPSA) is 89.2 Å². The SMILES string of the molecule is CCc1ccc(C2/C(=C(\O)c3cc(Cl)c(OC)cc3OC)C(=O)C(=O)N2Cc2ccco2)cc1. The minimum absolute atomic E-state index is 0.0552. The van der Waals surface area contributed by atoms with Crippen molar-refractivity contribution in [1.29, 1.82) is 0 Å². The van der Waals surface area contributed by atoms with Crippen molar-refractivity contribution in [2.45, 2.75) is 25.9 Å². The number of aryl methyl sites for hydroxylation is 1. The van der Waals surface area contributed by atoms with E-state index in [1.54, 1.807) is 12.1 Å². The highest BCUT2D eigenvalue weighted by Gasteiger charge is 2.46. The molecule has 1 aliphatic heterocycles. The Kier molecular flexibility index (Phi) is 6.65. The number of nitrogens with zero attached hydrogens (tertiary/aromatic N) is 1. The highest BCUT2D eigenvalue weighted by Crippen LogP contribution is 2.43. The van der Waals surface area contributed by atoms with Crippen molar-refractivity contribution in [2.24, 2.45) is 0 Å². The Labute approximate surface area is 202 Å². The fourth-order valence-electron chi connectivity index (χ4n) is 4.09. The summed E-state index contributed by atoms with van der Waals surface area (Å²) in [6.45, 7) is 2.10. The van der Waals surface area contributed by atoms with Gasteiger partial charge in [0.25, 0.3) is 11.7 Å². The van der Waals surface area contributed by atoms with Crippen LogP contribution in [0, 0.1) is 0 Å². The van der Waals surface area contributed by atoms with E-state index >= 15 is 0 Å². The molecule has 0 saturated carbocycles. The molecule has 4 rings (SSSR count). The number of aliphatic hydroxyl groups excluding tert-OH is 1. The molecule has 1 aromatic heterocycles. The normalized spacial score (nSPS) is 17.3. The zero-order valence-corrected chi connectivity index (χ0v) is 19.8. The number of rotatable bonds is 7. The number of carbonyl (C=O) groups excluding carboxylic acids is 2. The molecule has 1 amide bonds. The minimum Gasteiger partial charge on any atom is -0.507 e. The number of aliphatic hydroxyl groups is 1. The van der Waals surface area contributed by atoms with E-state index < -0.39 is 17.7 Å². The molecule has 3 aromatic rings. The van der Waals surface area contributed by atoms with Gasteiger partial charge in [-0.2, -0.15) is 0 Å². The standard InChI is InChI=1S/C26H24ClNO6/c1-4-15-7-9-16(10-8-15)23-22(25(30)26(31)28(23)14-17-6-5-11-34-17)24(29)18-12-19(27)21(33-3)13-20(18)32-2/h5-13,23,29H,4,14H2,1-3H3/b24-22+. The van der Waals surface area contributed by atoms with Gasteiger partial charge >= 0.3 is 0 Å². The Morgan fingerprint density at radius 2 is 1.79 bits per heavy atom. The first-order valence-electron chi connectivity index (χ1n) is 10.7. The van der Waals surface area contributed by atoms with Crippen LogP contribution in [0.15, 0.2) is 64.8 Å². The van der Waals surface area contributed by atoms with Crippen molar-refractivity contribution >= 4 is 29.1 Å². The molecule has 1 atom stereocenters. The van der Waals surface area contributed by atoms with Crippen LogP contribution < -0.4 is 9.47 Å². The smallest absolute Gasteiger partial charge is 0.296 e. The second-order valence-corrected chi connectivity index (χ2v) is 8.20. The molecular formula is C26H24ClNO6. The third kappa shape index (κ3) is 4.15. The van der Waals surface area contributed by atoms with Crippen molar-refractivity contribution in [3.63, 3.8) is 0 Å². The van der Waals surface area contributed by atoms with Gasteiger partial charge in [-0.05, 0) is 35.7 Å². The molecule has 1 N–H and O–H groups in total. The summed E-state index contributed by atoms with van der Waals surface area (Å²) in [5.74, 6) is -0.812. The summed E-state index contributed by atoms with van der Waals surface area (Å²) >= 11 is 6.30. The summed E-state index contributed by atoms with van der Waals surface area (Å²) in [7, 11) is 2.89. The van der Waals surface area contributed by atoms with Crippen LogP contribution in [0.3, 0.4) is 0 Å². The molecular weight excluding hydrogens is 458 g/mol. The second kappa shape index (κ2) is 9.65. The van der Waals surface area contributed by atoms with Gasteiger partial charge in [0.15, 0.2) is 0 Å². The number of halogens is 1. The monoisotopic (exact) mass is 481 g/mol. The van der Waals surface area contributed by atoms with Gasteiger partial charge in [-0.25, -0.2) is 0 Å². The molecule has 8 heteroatoms. The zero-order chi connectivity index (χ0) is 24.4. The Morgan fingerprint density at radius 3 is 2.38 bits per heavy atom. The minimum atomic E-state index is -0.832. The molecule has 0 bridgehead atoms. The zero-order valence-electron chi connectivity index (χ0n) is 19.0. The van der Waals surface area contributed by atoms with E-state index in [1.807, 2.05) is 31.2 Å². The van der Waals surface area contributed by atoms with Gasteiger partial charge in [0, 0.05) is 6.07 Å². The number of ketones is 1. The van der Waals surface area contributed by atoms with E-state index in [2.05, 4.69) is 0 Å². The number of Topliss-reactive ketones (excluding diaryl/α,β-unsaturated/α-hetero) is 1. The maximum Gasteiger partial charge on any atom is 0.296 e. The van der Waals surface area contributed by atoms with E-state index in [9.17, 15) is 14.7 Å². The van der Waals surface area contributed by atoms with Crippen molar-refractivity contribution in [1.82, 2.24) is 4.90 Å². The number of hydrogen-bond donors (Lipinski definition) is 1. The number of likely N-dealkylation sites (tertiary alicyclic amines) is 1. The predicted molar refractivity (Wildman–Crippen MR) is 127 cm³/mol. The number of amides is 1. The number of methoxy groups -OCH3 is 2. The van der Waals surface area contributed by atoms with Gasteiger partial charge in [0.2, 0.25) is 0 Å². The molecule has 0 aliphatic carbocycles. The molecule has 0 spiro atoms. The lowest BCUT2D eigenvalue weighted by Gasteiger charge is -2.25. The fourth-order valence-corrected chi connectivity index (χ4v) is 4.33. The van der Waals surface area contributed by atoms with Gasteiger partial charge in [0.1, 0.15) is 23.0 Å². The number of ether oxygens (including phenoxy) is 2. The van der Waals surface area contributed by atoms with Gasteiger partial charge in [-0.1, -0.05) is 42.8 Å². The number of benzene rings is 2. The van der Waals surface area contributed by atoms with E-state index in [1.165, 1.54) is 37.5 Å². The van der Waals surface area contributed by atoms with Crippen LogP contribution >= 0.6 is 11.6 Å². The van der Waals surface area contributed by atoms with Crippen molar-refractivity contribution in [3.8, 4) is 11.5 Å². The lowest BCUT2D eigenvalue weighted by molar-refractivity contribution is -0.140. The van der Waals surface area contributed by atoms with Gasteiger partial charge in [-0.15, -0.1) is 0 Å². The molecule has 176 valence electrons. The van der Waals surface area contributed by atoms with E-state index in [4.69, 9.17) is 25.5 Å². The maximum atomic E-state index is 13.2. The molecule has 7 nitrogen and oxygen atoms in total. The fraction of sp³-hybridized carbons (Fsp3) is 0.231. The lowest BCUT2D eigenvalue weighted by atomic mass is 9.94. The molecule has 0 radical (unpaired) electrons. The Balaban J connectivity index is 1.91. The average molecular weight is 482 g/mol. The Bertz CT molecular complexity index is 1250. The molecule has 1 fully saturated rings. The molecule has 2 heterocycles. The number of furan rings is 1. The van der Waals surface area contributed by atoms with Crippen LogP contribution in [-0.4, -0.2) is 35.9 Å². The predicted octanol–water partition coefficient (Wildman–Crippen LogP) is 5.13. The molecule has 1 aliphatic rings. The first-order chi connectivity index (χ1) is 16.4. The van der Waals surface area contributed by atoms with Crippen LogP contribution in [0.25, 0.3) is 5.76 Å².